The topological polar surface area (TPSA) is 57.8 Å². The lowest BCUT2D eigenvalue weighted by molar-refractivity contribution is -0.120. The molecule has 2 heterocycles. The summed E-state index contributed by atoms with van der Waals surface area (Å²) in [7, 11) is 0. The molecule has 1 atom stereocenters. The summed E-state index contributed by atoms with van der Waals surface area (Å²) in [6.45, 7) is 0.983. The van der Waals surface area contributed by atoms with Gasteiger partial charge in [0.25, 0.3) is 0 Å². The Labute approximate surface area is 83.1 Å². The van der Waals surface area contributed by atoms with Gasteiger partial charge in [-0.15, -0.1) is 0 Å². The number of carbonyl (C=O) groups is 1. The number of carbonyl (C=O) groups excluding carboxylic acids is 1. The maximum atomic E-state index is 11.6. The highest BCUT2D eigenvalue weighted by molar-refractivity contribution is 5.84. The van der Waals surface area contributed by atoms with Gasteiger partial charge in [-0.1, -0.05) is 0 Å². The summed E-state index contributed by atoms with van der Waals surface area (Å²) in [5.74, 6) is 1.22. The number of ketones is 1. The van der Waals surface area contributed by atoms with Gasteiger partial charge in [-0.05, 0) is 19.4 Å². The molecular weight excluding hydrogens is 178 g/mol. The van der Waals surface area contributed by atoms with E-state index in [1.807, 2.05) is 0 Å². The molecule has 0 unspecified atom stereocenters. The maximum absolute atomic E-state index is 11.6. The van der Waals surface area contributed by atoms with E-state index in [2.05, 4.69) is 15.3 Å². The predicted octanol–water partition coefficient (Wildman–Crippen LogP) is 0.663. The van der Waals surface area contributed by atoms with Crippen molar-refractivity contribution in [3.8, 4) is 0 Å². The van der Waals surface area contributed by atoms with Gasteiger partial charge in [-0.3, -0.25) is 4.79 Å². The van der Waals surface area contributed by atoms with Crippen molar-refractivity contribution < 1.29 is 4.79 Å². The quantitative estimate of drug-likeness (QED) is 0.738. The van der Waals surface area contributed by atoms with Crippen molar-refractivity contribution in [3.63, 3.8) is 0 Å². The van der Waals surface area contributed by atoms with Crippen molar-refractivity contribution in [2.24, 2.45) is 0 Å². The van der Waals surface area contributed by atoms with Crippen LogP contribution < -0.4 is 5.32 Å². The Morgan fingerprint density at radius 3 is 3.21 bits per heavy atom. The number of hydrogen-bond donors (Lipinski definition) is 2. The van der Waals surface area contributed by atoms with Crippen LogP contribution in [0.5, 0.6) is 0 Å². The highest BCUT2D eigenvalue weighted by atomic mass is 16.1. The van der Waals surface area contributed by atoms with E-state index in [0.29, 0.717) is 12.2 Å². The number of Topliss-reactive ketones (excluding diaryl/α,β-unsaturated/α-hetero) is 1. The third kappa shape index (κ3) is 2.20. The standard InChI is InChI=1S/C10H15N3O/c14-9(8-2-1-5-11-8)3-4-10-12-6-7-13-10/h6-8,11H,1-5H2,(H,12,13)/t8-/m0/s1. The summed E-state index contributed by atoms with van der Waals surface area (Å²) < 4.78 is 0. The molecule has 4 nitrogen and oxygen atoms in total. The monoisotopic (exact) mass is 193 g/mol. The fourth-order valence-electron chi connectivity index (χ4n) is 1.81. The van der Waals surface area contributed by atoms with E-state index in [0.717, 1.165) is 31.6 Å². The van der Waals surface area contributed by atoms with E-state index in [-0.39, 0.29) is 6.04 Å². The first-order chi connectivity index (χ1) is 6.86. The van der Waals surface area contributed by atoms with Crippen molar-refractivity contribution in [2.45, 2.75) is 31.7 Å². The van der Waals surface area contributed by atoms with Crippen LogP contribution in [0.4, 0.5) is 0 Å². The third-order valence-corrected chi connectivity index (χ3v) is 2.61. The second-order valence-electron chi connectivity index (χ2n) is 3.65. The molecule has 1 aliphatic heterocycles. The molecule has 0 aromatic carbocycles. The minimum Gasteiger partial charge on any atom is -0.349 e. The van der Waals surface area contributed by atoms with Crippen LogP contribution in [-0.2, 0) is 11.2 Å². The van der Waals surface area contributed by atoms with Gasteiger partial charge in [0.1, 0.15) is 11.6 Å². The zero-order valence-corrected chi connectivity index (χ0v) is 8.12. The number of nitrogens with one attached hydrogen (secondary N) is 2. The number of hydrogen-bond acceptors (Lipinski definition) is 3. The van der Waals surface area contributed by atoms with Crippen LogP contribution in [0.1, 0.15) is 25.1 Å². The van der Waals surface area contributed by atoms with Crippen LogP contribution in [0.3, 0.4) is 0 Å². The van der Waals surface area contributed by atoms with Gasteiger partial charge in [0.2, 0.25) is 0 Å². The number of rotatable bonds is 4. The molecule has 14 heavy (non-hydrogen) atoms. The van der Waals surface area contributed by atoms with Gasteiger partial charge in [-0.25, -0.2) is 4.98 Å². The van der Waals surface area contributed by atoms with Crippen molar-refractivity contribution in [1.29, 1.82) is 0 Å². The fourth-order valence-corrected chi connectivity index (χ4v) is 1.81. The molecular formula is C10H15N3O. The number of aryl methyl sites for hydroxylation is 1. The summed E-state index contributed by atoms with van der Waals surface area (Å²) in [6.07, 6.45) is 6.94. The molecule has 0 aliphatic carbocycles. The molecule has 1 fully saturated rings. The second kappa shape index (κ2) is 4.37. The zero-order chi connectivity index (χ0) is 9.80. The molecule has 1 aliphatic rings. The van der Waals surface area contributed by atoms with Crippen molar-refractivity contribution in [1.82, 2.24) is 15.3 Å². The fraction of sp³-hybridized carbons (Fsp3) is 0.600. The van der Waals surface area contributed by atoms with Crippen LogP contribution in [-0.4, -0.2) is 28.3 Å². The molecule has 0 amide bonds. The first-order valence-corrected chi connectivity index (χ1v) is 5.10. The van der Waals surface area contributed by atoms with Crippen LogP contribution in [0, 0.1) is 0 Å². The Kier molecular flexibility index (Phi) is 2.93. The maximum Gasteiger partial charge on any atom is 0.150 e. The van der Waals surface area contributed by atoms with Crippen molar-refractivity contribution in [3.05, 3.63) is 18.2 Å². The molecule has 2 N–H and O–H groups in total. The van der Waals surface area contributed by atoms with Crippen molar-refractivity contribution >= 4 is 5.78 Å². The van der Waals surface area contributed by atoms with Gasteiger partial charge in [0.05, 0.1) is 6.04 Å². The highest BCUT2D eigenvalue weighted by Crippen LogP contribution is 2.09. The number of imidazole rings is 1. The van der Waals surface area contributed by atoms with Gasteiger partial charge in [0, 0.05) is 25.2 Å². The Morgan fingerprint density at radius 2 is 2.57 bits per heavy atom. The van der Waals surface area contributed by atoms with Crippen LogP contribution in [0.25, 0.3) is 0 Å². The first-order valence-electron chi connectivity index (χ1n) is 5.10. The number of aromatic nitrogens is 2. The smallest absolute Gasteiger partial charge is 0.150 e. The molecule has 1 aromatic heterocycles. The predicted molar refractivity (Wildman–Crippen MR) is 52.9 cm³/mol. The number of nitrogens with zero attached hydrogens (tertiary/aromatic N) is 1. The highest BCUT2D eigenvalue weighted by Gasteiger charge is 2.21. The number of aromatic amines is 1. The van der Waals surface area contributed by atoms with Crippen LogP contribution in [0.15, 0.2) is 12.4 Å². The molecule has 0 radical (unpaired) electrons. The molecule has 0 spiro atoms. The van der Waals surface area contributed by atoms with Gasteiger partial charge >= 0.3 is 0 Å². The second-order valence-corrected chi connectivity index (χ2v) is 3.65. The summed E-state index contributed by atoms with van der Waals surface area (Å²) in [4.78, 5) is 18.7. The lowest BCUT2D eigenvalue weighted by atomic mass is 10.1. The van der Waals surface area contributed by atoms with Crippen LogP contribution >= 0.6 is 0 Å². The Balaban J connectivity index is 1.77. The van der Waals surface area contributed by atoms with E-state index in [9.17, 15) is 4.79 Å². The lowest BCUT2D eigenvalue weighted by Crippen LogP contribution is -2.30. The Hall–Kier alpha value is -1.16. The largest absolute Gasteiger partial charge is 0.349 e. The minimum atomic E-state index is 0.102. The van der Waals surface area contributed by atoms with E-state index in [1.54, 1.807) is 12.4 Å². The minimum absolute atomic E-state index is 0.102. The molecule has 1 aromatic rings. The average molecular weight is 193 g/mol. The molecule has 4 heteroatoms. The molecule has 0 saturated carbocycles. The van der Waals surface area contributed by atoms with E-state index in [1.165, 1.54) is 0 Å². The van der Waals surface area contributed by atoms with Crippen molar-refractivity contribution in [2.75, 3.05) is 6.54 Å². The lowest BCUT2D eigenvalue weighted by Gasteiger charge is -2.07. The molecule has 2 rings (SSSR count). The van der Waals surface area contributed by atoms with Gasteiger partial charge in [-0.2, -0.15) is 0 Å². The van der Waals surface area contributed by atoms with E-state index < -0.39 is 0 Å². The summed E-state index contributed by atoms with van der Waals surface area (Å²) in [5, 5.41) is 3.21. The van der Waals surface area contributed by atoms with E-state index >= 15 is 0 Å². The SMILES string of the molecule is O=C(CCc1ncc[nH]1)[C@@H]1CCCN1. The Morgan fingerprint density at radius 1 is 1.64 bits per heavy atom. The van der Waals surface area contributed by atoms with E-state index in [4.69, 9.17) is 0 Å². The molecule has 76 valence electrons. The summed E-state index contributed by atoms with van der Waals surface area (Å²) >= 11 is 0. The molecule has 1 saturated heterocycles. The first kappa shape index (κ1) is 9.40. The zero-order valence-electron chi connectivity index (χ0n) is 8.12. The summed E-state index contributed by atoms with van der Waals surface area (Å²) in [5.41, 5.74) is 0. The third-order valence-electron chi connectivity index (χ3n) is 2.61. The Bertz CT molecular complexity index is 288. The summed E-state index contributed by atoms with van der Waals surface area (Å²) in [6, 6.07) is 0.102. The number of H-pyrrole nitrogens is 1. The average Bonchev–Trinajstić information content (AvgIpc) is 2.87. The molecule has 0 bridgehead atoms. The van der Waals surface area contributed by atoms with Gasteiger partial charge in [0.15, 0.2) is 0 Å². The van der Waals surface area contributed by atoms with Gasteiger partial charge < -0.3 is 10.3 Å². The van der Waals surface area contributed by atoms with Crippen LogP contribution in [0.2, 0.25) is 0 Å². The normalized spacial score (nSPS) is 21.3.